The van der Waals surface area contributed by atoms with E-state index in [2.05, 4.69) is 36.1 Å². The quantitative estimate of drug-likeness (QED) is 0.697. The Morgan fingerprint density at radius 2 is 1.70 bits per heavy atom. The molecule has 1 fully saturated rings. The van der Waals surface area contributed by atoms with E-state index in [1.54, 1.807) is 12.1 Å². The number of carbonyl (C=O) groups is 1. The fraction of sp³-hybridized carbons (Fsp3) is 0.435. The van der Waals surface area contributed by atoms with Gasteiger partial charge in [-0.2, -0.15) is 0 Å². The summed E-state index contributed by atoms with van der Waals surface area (Å²) in [6.45, 7) is 5.06. The van der Waals surface area contributed by atoms with Gasteiger partial charge in [-0.25, -0.2) is 12.7 Å². The Kier molecular flexibility index (Phi) is 7.28. The van der Waals surface area contributed by atoms with Crippen LogP contribution >= 0.6 is 0 Å². The number of sulfonamides is 1. The van der Waals surface area contributed by atoms with Crippen molar-refractivity contribution in [3.63, 3.8) is 0 Å². The lowest BCUT2D eigenvalue weighted by molar-refractivity contribution is -0.124. The average molecular weight is 431 g/mol. The van der Waals surface area contributed by atoms with E-state index >= 15 is 0 Å². The maximum Gasteiger partial charge on any atom is 0.266 e. The number of aliphatic hydroxyl groups excluding tert-OH is 1. The first-order valence-corrected chi connectivity index (χ1v) is 11.8. The van der Waals surface area contributed by atoms with Gasteiger partial charge in [0, 0.05) is 19.5 Å². The first kappa shape index (κ1) is 22.5. The van der Waals surface area contributed by atoms with E-state index in [1.165, 1.54) is 44.0 Å². The fourth-order valence-electron chi connectivity index (χ4n) is 3.95. The monoisotopic (exact) mass is 430 g/mol. The minimum absolute atomic E-state index is 0.0336. The summed E-state index contributed by atoms with van der Waals surface area (Å²) >= 11 is 0. The van der Waals surface area contributed by atoms with Gasteiger partial charge in [0.25, 0.3) is 10.0 Å². The van der Waals surface area contributed by atoms with E-state index in [1.807, 2.05) is 0 Å². The topological polar surface area (TPSA) is 77.9 Å². The Hall–Kier alpha value is -2.22. The third kappa shape index (κ3) is 5.09. The highest BCUT2D eigenvalue weighted by Gasteiger charge is 2.26. The molecule has 162 valence electrons. The van der Waals surface area contributed by atoms with Crippen LogP contribution in [0.5, 0.6) is 0 Å². The molecule has 0 aromatic heterocycles. The van der Waals surface area contributed by atoms with Crippen LogP contribution in [0.2, 0.25) is 0 Å². The molecule has 1 amide bonds. The van der Waals surface area contributed by atoms with E-state index in [4.69, 9.17) is 5.11 Å². The van der Waals surface area contributed by atoms with Crippen LogP contribution in [0.4, 0.5) is 0 Å². The summed E-state index contributed by atoms with van der Waals surface area (Å²) in [5.74, 6) is -0.618. The number of hydrogen-bond donors (Lipinski definition) is 1. The first-order valence-electron chi connectivity index (χ1n) is 10.4. The van der Waals surface area contributed by atoms with Crippen LogP contribution < -0.4 is 0 Å². The second-order valence-corrected chi connectivity index (χ2v) is 9.68. The number of likely N-dealkylation sites (tertiary alicyclic amines) is 1. The summed E-state index contributed by atoms with van der Waals surface area (Å²) in [6, 6.07) is 15.5. The van der Waals surface area contributed by atoms with Gasteiger partial charge in [0.1, 0.15) is 0 Å². The van der Waals surface area contributed by atoms with Gasteiger partial charge >= 0.3 is 0 Å². The molecule has 1 unspecified atom stereocenters. The van der Waals surface area contributed by atoms with Crippen LogP contribution in [0, 0.1) is 0 Å². The van der Waals surface area contributed by atoms with Crippen molar-refractivity contribution in [2.24, 2.45) is 0 Å². The second kappa shape index (κ2) is 9.73. The van der Waals surface area contributed by atoms with Crippen LogP contribution in [-0.4, -0.2) is 60.9 Å². The Labute approximate surface area is 179 Å². The Morgan fingerprint density at radius 3 is 2.20 bits per heavy atom. The summed E-state index contributed by atoms with van der Waals surface area (Å²) in [5.41, 5.74) is 3.21. The van der Waals surface area contributed by atoms with Crippen molar-refractivity contribution in [1.82, 2.24) is 9.21 Å². The van der Waals surface area contributed by atoms with Gasteiger partial charge in [0.05, 0.1) is 18.0 Å². The molecule has 6 nitrogen and oxygen atoms in total. The summed E-state index contributed by atoms with van der Waals surface area (Å²) in [7, 11) is -3.97. The second-order valence-electron chi connectivity index (χ2n) is 7.82. The van der Waals surface area contributed by atoms with Crippen molar-refractivity contribution in [3.8, 4) is 11.1 Å². The molecule has 1 saturated heterocycles. The molecular formula is C23H30N2O4S. The molecule has 2 aromatic carbocycles. The molecule has 3 rings (SSSR count). The number of amides is 1. The number of carbonyl (C=O) groups excluding carboxylic acids is 1. The molecule has 1 heterocycles. The van der Waals surface area contributed by atoms with Crippen molar-refractivity contribution in [1.29, 1.82) is 0 Å². The third-order valence-electron chi connectivity index (χ3n) is 5.76. The van der Waals surface area contributed by atoms with E-state index in [9.17, 15) is 13.2 Å². The van der Waals surface area contributed by atoms with Crippen LogP contribution in [0.3, 0.4) is 0 Å². The molecule has 1 aliphatic heterocycles. The average Bonchev–Trinajstić information content (AvgIpc) is 3.15. The van der Waals surface area contributed by atoms with Crippen molar-refractivity contribution in [2.45, 2.75) is 44.0 Å². The van der Waals surface area contributed by atoms with Gasteiger partial charge in [-0.05, 0) is 61.6 Å². The molecule has 30 heavy (non-hydrogen) atoms. The highest BCUT2D eigenvalue weighted by Crippen LogP contribution is 2.24. The lowest BCUT2D eigenvalue weighted by atomic mass is 10.0. The minimum atomic E-state index is -3.97. The maximum absolute atomic E-state index is 12.7. The Balaban J connectivity index is 1.69. The van der Waals surface area contributed by atoms with Crippen LogP contribution in [0.1, 0.15) is 32.3 Å². The first-order chi connectivity index (χ1) is 14.3. The maximum atomic E-state index is 12.7. The number of hydrogen-bond acceptors (Lipinski definition) is 5. The van der Waals surface area contributed by atoms with Crippen molar-refractivity contribution in [3.05, 3.63) is 54.1 Å². The zero-order valence-corrected chi connectivity index (χ0v) is 18.4. The predicted molar refractivity (Wildman–Crippen MR) is 118 cm³/mol. The predicted octanol–water partition coefficient (Wildman–Crippen LogP) is 2.91. The molecule has 7 heteroatoms. The smallest absolute Gasteiger partial charge is 0.266 e. The van der Waals surface area contributed by atoms with Gasteiger partial charge in [0.15, 0.2) is 0 Å². The van der Waals surface area contributed by atoms with Crippen molar-refractivity contribution >= 4 is 15.9 Å². The molecular weight excluding hydrogens is 400 g/mol. The summed E-state index contributed by atoms with van der Waals surface area (Å²) < 4.78 is 26.0. The third-order valence-corrected chi connectivity index (χ3v) is 7.65. The fourth-order valence-corrected chi connectivity index (χ4v) is 5.34. The van der Waals surface area contributed by atoms with Crippen molar-refractivity contribution < 1.29 is 18.3 Å². The van der Waals surface area contributed by atoms with Gasteiger partial charge in [-0.15, -0.1) is 0 Å². The van der Waals surface area contributed by atoms with E-state index in [0.717, 1.165) is 24.1 Å². The van der Waals surface area contributed by atoms with E-state index in [-0.39, 0.29) is 11.4 Å². The Morgan fingerprint density at radius 1 is 1.10 bits per heavy atom. The van der Waals surface area contributed by atoms with Crippen LogP contribution in [0.25, 0.3) is 11.1 Å². The number of benzene rings is 2. The molecule has 1 atom stereocenters. The minimum Gasteiger partial charge on any atom is -0.394 e. The standard InChI is InChI=1S/C23H30N2O4S/c1-18-4-3-14-24(18)15-13-20-5-7-21(8-6-20)22-9-11-23(12-10-22)30(28,29)25(16-17-26)19(2)27/h5-12,18,26H,3-4,13-17H2,1-2H3. The summed E-state index contributed by atoms with van der Waals surface area (Å²) in [5, 5.41) is 9.06. The largest absolute Gasteiger partial charge is 0.394 e. The van der Waals surface area contributed by atoms with E-state index in [0.29, 0.717) is 10.3 Å². The summed E-state index contributed by atoms with van der Waals surface area (Å²) in [6.07, 6.45) is 3.60. The number of rotatable bonds is 8. The van der Waals surface area contributed by atoms with E-state index < -0.39 is 22.5 Å². The van der Waals surface area contributed by atoms with Gasteiger partial charge in [-0.1, -0.05) is 36.4 Å². The molecule has 0 saturated carbocycles. The normalized spacial score (nSPS) is 17.2. The molecule has 1 aliphatic rings. The zero-order valence-electron chi connectivity index (χ0n) is 17.6. The van der Waals surface area contributed by atoms with Crippen LogP contribution in [-0.2, 0) is 21.2 Å². The van der Waals surface area contributed by atoms with Gasteiger partial charge in [0.2, 0.25) is 5.91 Å². The zero-order chi connectivity index (χ0) is 21.7. The van der Waals surface area contributed by atoms with Crippen LogP contribution in [0.15, 0.2) is 53.4 Å². The molecule has 1 N–H and O–H groups in total. The SMILES string of the molecule is CC(=O)N(CCO)S(=O)(=O)c1ccc(-c2ccc(CCN3CCCC3C)cc2)cc1. The highest BCUT2D eigenvalue weighted by atomic mass is 32.2. The summed E-state index contributed by atoms with van der Waals surface area (Å²) in [4.78, 5) is 14.2. The van der Waals surface area contributed by atoms with Gasteiger partial charge in [-0.3, -0.25) is 4.79 Å². The molecule has 0 radical (unpaired) electrons. The Bertz CT molecular complexity index is 956. The number of nitrogens with zero attached hydrogens (tertiary/aromatic N) is 2. The lowest BCUT2D eigenvalue weighted by Crippen LogP contribution is -2.37. The van der Waals surface area contributed by atoms with Crippen molar-refractivity contribution in [2.75, 3.05) is 26.2 Å². The molecule has 0 spiro atoms. The number of aliphatic hydroxyl groups is 1. The van der Waals surface area contributed by atoms with Gasteiger partial charge < -0.3 is 10.0 Å². The molecule has 2 aromatic rings. The molecule has 0 bridgehead atoms. The highest BCUT2D eigenvalue weighted by molar-refractivity contribution is 7.89. The molecule has 0 aliphatic carbocycles. The lowest BCUT2D eigenvalue weighted by Gasteiger charge is -2.20.